The van der Waals surface area contributed by atoms with Crippen LogP contribution in [0, 0.1) is 11.8 Å². The normalized spacial score (nSPS) is 34.2. The molecule has 3 rings (SSSR count). The zero-order chi connectivity index (χ0) is 13.3. The van der Waals surface area contributed by atoms with Gasteiger partial charge in [-0.1, -0.05) is 19.8 Å². The number of carbonyl (C=O) groups is 1. The fraction of sp³-hybridized carbons (Fsp3) is 0.933. The maximum absolute atomic E-state index is 12.1. The Hall–Kier alpha value is -0.220. The predicted octanol–water partition coefficient (Wildman–Crippen LogP) is 2.12. The topological polar surface area (TPSA) is 32.3 Å². The van der Waals surface area contributed by atoms with E-state index in [-0.39, 0.29) is 5.54 Å². The average molecular weight is 282 g/mol. The van der Waals surface area contributed by atoms with Crippen LogP contribution in [0.1, 0.15) is 39.0 Å². The molecule has 2 aliphatic carbocycles. The van der Waals surface area contributed by atoms with Crippen LogP contribution in [0.15, 0.2) is 0 Å². The maximum Gasteiger partial charge on any atom is 0.223 e. The molecule has 1 aliphatic heterocycles. The van der Waals surface area contributed by atoms with E-state index < -0.39 is 0 Å². The van der Waals surface area contributed by atoms with Crippen molar-refractivity contribution >= 4 is 17.7 Å². The molecule has 0 aromatic heterocycles. The van der Waals surface area contributed by atoms with Crippen LogP contribution in [-0.4, -0.2) is 47.5 Å². The number of carbonyl (C=O) groups excluding carboxylic acids is 1. The highest BCUT2D eigenvalue weighted by molar-refractivity contribution is 7.99. The lowest BCUT2D eigenvalue weighted by atomic mass is 9.94. The summed E-state index contributed by atoms with van der Waals surface area (Å²) < 4.78 is 0. The van der Waals surface area contributed by atoms with Crippen LogP contribution in [0.4, 0.5) is 0 Å². The van der Waals surface area contributed by atoms with E-state index in [1.165, 1.54) is 50.3 Å². The van der Waals surface area contributed by atoms with E-state index in [0.29, 0.717) is 17.7 Å². The molecule has 4 heteroatoms. The number of hydrogen-bond acceptors (Lipinski definition) is 3. The van der Waals surface area contributed by atoms with Crippen LogP contribution in [0.2, 0.25) is 0 Å². The molecule has 19 heavy (non-hydrogen) atoms. The third-order valence-corrected chi connectivity index (χ3v) is 6.20. The Morgan fingerprint density at radius 3 is 2.53 bits per heavy atom. The van der Waals surface area contributed by atoms with Gasteiger partial charge < -0.3 is 5.32 Å². The summed E-state index contributed by atoms with van der Waals surface area (Å²) in [7, 11) is 0. The van der Waals surface area contributed by atoms with Crippen molar-refractivity contribution in [3.8, 4) is 0 Å². The van der Waals surface area contributed by atoms with E-state index >= 15 is 0 Å². The number of nitrogens with zero attached hydrogens (tertiary/aromatic N) is 1. The molecule has 0 spiro atoms. The highest BCUT2D eigenvalue weighted by Crippen LogP contribution is 2.39. The Morgan fingerprint density at radius 2 is 1.95 bits per heavy atom. The molecule has 3 fully saturated rings. The fourth-order valence-corrected chi connectivity index (χ4v) is 4.65. The molecule has 0 unspecified atom stereocenters. The smallest absolute Gasteiger partial charge is 0.223 e. The van der Waals surface area contributed by atoms with Crippen molar-refractivity contribution in [1.29, 1.82) is 0 Å². The van der Waals surface area contributed by atoms with Crippen LogP contribution >= 0.6 is 11.8 Å². The summed E-state index contributed by atoms with van der Waals surface area (Å²) in [4.78, 5) is 14.7. The van der Waals surface area contributed by atoms with Crippen molar-refractivity contribution < 1.29 is 4.79 Å². The molecule has 0 radical (unpaired) electrons. The summed E-state index contributed by atoms with van der Waals surface area (Å²) in [6.45, 7) is 5.48. The number of thioether (sulfide) groups is 1. The van der Waals surface area contributed by atoms with Crippen LogP contribution < -0.4 is 5.32 Å². The third-order valence-electron chi connectivity index (χ3n) is 5.25. The Bertz CT molecular complexity index is 335. The van der Waals surface area contributed by atoms with Gasteiger partial charge in [-0.3, -0.25) is 9.69 Å². The van der Waals surface area contributed by atoms with E-state index in [4.69, 9.17) is 0 Å². The van der Waals surface area contributed by atoms with Crippen molar-refractivity contribution in [3.05, 3.63) is 0 Å². The van der Waals surface area contributed by atoms with Gasteiger partial charge in [0.05, 0.1) is 0 Å². The SMILES string of the molecule is C[C@H]1C[C@@H]1C(=O)NCC1(N2CCSCC2)CCCC1. The minimum atomic E-state index is 0.286. The number of nitrogens with one attached hydrogen (secondary N) is 1. The van der Waals surface area contributed by atoms with Crippen LogP contribution in [-0.2, 0) is 4.79 Å². The van der Waals surface area contributed by atoms with Crippen molar-refractivity contribution in [2.24, 2.45) is 11.8 Å². The Morgan fingerprint density at radius 1 is 1.32 bits per heavy atom. The molecule has 2 atom stereocenters. The summed E-state index contributed by atoms with van der Waals surface area (Å²) in [5.41, 5.74) is 0.286. The van der Waals surface area contributed by atoms with Crippen LogP contribution in [0.25, 0.3) is 0 Å². The second kappa shape index (κ2) is 5.65. The zero-order valence-electron chi connectivity index (χ0n) is 12.0. The minimum absolute atomic E-state index is 0.286. The molecular formula is C15H26N2OS. The standard InChI is InChI=1S/C15H26N2OS/c1-12-10-13(12)14(18)16-11-15(4-2-3-5-15)17-6-8-19-9-7-17/h12-13H,2-11H2,1H3,(H,16,18)/t12-,13-/m0/s1. The molecule has 0 aromatic carbocycles. The summed E-state index contributed by atoms with van der Waals surface area (Å²) in [5.74, 6) is 3.76. The van der Waals surface area contributed by atoms with Crippen molar-refractivity contribution in [2.75, 3.05) is 31.1 Å². The van der Waals surface area contributed by atoms with Gasteiger partial charge in [-0.25, -0.2) is 0 Å². The predicted molar refractivity (Wildman–Crippen MR) is 80.4 cm³/mol. The van der Waals surface area contributed by atoms with Gasteiger partial charge in [-0.2, -0.15) is 11.8 Å². The number of rotatable bonds is 4. The summed E-state index contributed by atoms with van der Waals surface area (Å²) in [5, 5.41) is 3.27. The number of amides is 1. The molecule has 108 valence electrons. The molecule has 3 aliphatic rings. The van der Waals surface area contributed by atoms with Gasteiger partial charge in [0, 0.05) is 42.6 Å². The Labute approximate surface area is 120 Å². The van der Waals surface area contributed by atoms with E-state index in [1.807, 2.05) is 0 Å². The minimum Gasteiger partial charge on any atom is -0.354 e. The molecule has 3 nitrogen and oxygen atoms in total. The van der Waals surface area contributed by atoms with Gasteiger partial charge in [-0.05, 0) is 25.2 Å². The van der Waals surface area contributed by atoms with Crippen molar-refractivity contribution in [3.63, 3.8) is 0 Å². The molecule has 0 bridgehead atoms. The first kappa shape index (κ1) is 13.7. The first-order valence-electron chi connectivity index (χ1n) is 7.82. The van der Waals surface area contributed by atoms with E-state index in [2.05, 4.69) is 28.9 Å². The Balaban J connectivity index is 1.58. The van der Waals surface area contributed by atoms with E-state index in [1.54, 1.807) is 0 Å². The highest BCUT2D eigenvalue weighted by Gasteiger charge is 2.43. The largest absolute Gasteiger partial charge is 0.354 e. The average Bonchev–Trinajstić information content (AvgIpc) is 3.00. The molecule has 1 amide bonds. The van der Waals surface area contributed by atoms with Gasteiger partial charge in [0.25, 0.3) is 0 Å². The lowest BCUT2D eigenvalue weighted by Gasteiger charge is -2.43. The molecule has 0 aromatic rings. The van der Waals surface area contributed by atoms with E-state index in [9.17, 15) is 4.79 Å². The van der Waals surface area contributed by atoms with Gasteiger partial charge in [-0.15, -0.1) is 0 Å². The van der Waals surface area contributed by atoms with Crippen LogP contribution in [0.3, 0.4) is 0 Å². The Kier molecular flexibility index (Phi) is 4.08. The van der Waals surface area contributed by atoms with Gasteiger partial charge in [0.15, 0.2) is 0 Å². The molecule has 1 N–H and O–H groups in total. The van der Waals surface area contributed by atoms with Gasteiger partial charge in [0.2, 0.25) is 5.91 Å². The molecular weight excluding hydrogens is 256 g/mol. The first-order chi connectivity index (χ1) is 9.21. The van der Waals surface area contributed by atoms with Crippen molar-refractivity contribution in [2.45, 2.75) is 44.6 Å². The summed E-state index contributed by atoms with van der Waals surface area (Å²) in [6, 6.07) is 0. The number of hydrogen-bond donors (Lipinski definition) is 1. The van der Waals surface area contributed by atoms with E-state index in [0.717, 1.165) is 13.0 Å². The fourth-order valence-electron chi connectivity index (χ4n) is 3.75. The highest BCUT2D eigenvalue weighted by atomic mass is 32.2. The molecule has 2 saturated carbocycles. The lowest BCUT2D eigenvalue weighted by molar-refractivity contribution is -0.123. The van der Waals surface area contributed by atoms with Gasteiger partial charge >= 0.3 is 0 Å². The zero-order valence-corrected chi connectivity index (χ0v) is 12.8. The van der Waals surface area contributed by atoms with Crippen molar-refractivity contribution in [1.82, 2.24) is 10.2 Å². The first-order valence-corrected chi connectivity index (χ1v) is 8.97. The van der Waals surface area contributed by atoms with Gasteiger partial charge in [0.1, 0.15) is 0 Å². The summed E-state index contributed by atoms with van der Waals surface area (Å²) in [6.07, 6.45) is 6.31. The quantitative estimate of drug-likeness (QED) is 0.857. The third kappa shape index (κ3) is 2.94. The second-order valence-corrected chi connectivity index (χ2v) is 7.79. The monoisotopic (exact) mass is 282 g/mol. The summed E-state index contributed by atoms with van der Waals surface area (Å²) >= 11 is 2.07. The lowest BCUT2D eigenvalue weighted by Crippen LogP contribution is -2.56. The molecule has 1 saturated heterocycles. The maximum atomic E-state index is 12.1. The van der Waals surface area contributed by atoms with Crippen LogP contribution in [0.5, 0.6) is 0 Å². The molecule has 1 heterocycles. The second-order valence-electron chi connectivity index (χ2n) is 6.57.